The molecule has 8 heteroatoms. The molecule has 0 radical (unpaired) electrons. The molecule has 0 aromatic carbocycles. The Morgan fingerprint density at radius 2 is 2.15 bits per heavy atom. The molecular weight excluding hydrogens is 304 g/mol. The van der Waals surface area contributed by atoms with Gasteiger partial charge in [-0.2, -0.15) is 4.31 Å². The van der Waals surface area contributed by atoms with Gasteiger partial charge in [0.25, 0.3) is 0 Å². The van der Waals surface area contributed by atoms with E-state index in [-0.39, 0.29) is 22.4 Å². The number of pyridine rings is 1. The number of hydrogen-bond acceptors (Lipinski definition) is 4. The number of carboxylic acid groups (broad SMARTS) is 1. The third-order valence-corrected chi connectivity index (χ3v) is 5.30. The topological polar surface area (TPSA) is 87.6 Å². The van der Waals surface area contributed by atoms with Gasteiger partial charge in [0.05, 0.1) is 10.9 Å². The van der Waals surface area contributed by atoms with E-state index in [1.54, 1.807) is 0 Å². The number of sulfonamides is 1. The van der Waals surface area contributed by atoms with Crippen LogP contribution in [0.15, 0.2) is 23.4 Å². The van der Waals surface area contributed by atoms with Crippen LogP contribution in [0.25, 0.3) is 0 Å². The highest BCUT2D eigenvalue weighted by Crippen LogP contribution is 2.27. The van der Waals surface area contributed by atoms with Gasteiger partial charge in [0.1, 0.15) is 4.90 Å². The Labute approximate surface area is 122 Å². The minimum absolute atomic E-state index is 0.00762. The Hall–Kier alpha value is -1.18. The predicted octanol–water partition coefficient (Wildman–Crippen LogP) is 1.47. The van der Waals surface area contributed by atoms with Crippen LogP contribution in [0.2, 0.25) is 5.02 Å². The Morgan fingerprint density at radius 1 is 1.45 bits per heavy atom. The van der Waals surface area contributed by atoms with Gasteiger partial charge >= 0.3 is 5.97 Å². The summed E-state index contributed by atoms with van der Waals surface area (Å²) in [6, 6.07) is 1.32. The van der Waals surface area contributed by atoms with E-state index in [1.807, 2.05) is 6.92 Å². The van der Waals surface area contributed by atoms with E-state index in [2.05, 4.69) is 4.98 Å². The number of carbonyl (C=O) groups is 1. The van der Waals surface area contributed by atoms with Crippen molar-refractivity contribution in [3.8, 4) is 0 Å². The number of nitrogens with zero attached hydrogens (tertiary/aromatic N) is 2. The summed E-state index contributed by atoms with van der Waals surface area (Å²) in [4.78, 5) is 14.9. The molecule has 6 nitrogen and oxygen atoms in total. The van der Waals surface area contributed by atoms with E-state index in [0.717, 1.165) is 0 Å². The molecule has 1 saturated heterocycles. The second-order valence-corrected chi connectivity index (χ2v) is 7.41. The smallest absolute Gasteiger partial charge is 0.307 e. The summed E-state index contributed by atoms with van der Waals surface area (Å²) < 4.78 is 26.2. The highest BCUT2D eigenvalue weighted by atomic mass is 35.5. The standard InChI is InChI=1S/C12H15ClN2O4S/c1-8-2-9(12(16)17)7-15(6-8)20(18,19)11-3-10(13)4-14-5-11/h3-5,8-9H,2,6-7H2,1H3,(H,16,17). The number of aliphatic carboxylic acids is 1. The highest BCUT2D eigenvalue weighted by Gasteiger charge is 2.36. The molecular formula is C12H15ClN2O4S. The SMILES string of the molecule is CC1CC(C(=O)O)CN(S(=O)(=O)c2cncc(Cl)c2)C1. The maximum absolute atomic E-state index is 12.5. The van der Waals surface area contributed by atoms with Gasteiger partial charge in [-0.15, -0.1) is 0 Å². The van der Waals surface area contributed by atoms with Crippen LogP contribution in [-0.2, 0) is 14.8 Å². The monoisotopic (exact) mass is 318 g/mol. The van der Waals surface area contributed by atoms with Crippen molar-refractivity contribution in [2.45, 2.75) is 18.2 Å². The zero-order chi connectivity index (χ0) is 14.9. The van der Waals surface area contributed by atoms with Gasteiger partial charge in [-0.3, -0.25) is 9.78 Å². The van der Waals surface area contributed by atoms with Crippen molar-refractivity contribution in [3.63, 3.8) is 0 Å². The van der Waals surface area contributed by atoms with E-state index in [1.165, 1.54) is 22.8 Å². The van der Waals surface area contributed by atoms with Gasteiger partial charge in [0, 0.05) is 25.5 Å². The molecule has 110 valence electrons. The molecule has 1 fully saturated rings. The molecule has 0 amide bonds. The summed E-state index contributed by atoms with van der Waals surface area (Å²) >= 11 is 5.76. The fraction of sp³-hybridized carbons (Fsp3) is 0.500. The maximum Gasteiger partial charge on any atom is 0.307 e. The van der Waals surface area contributed by atoms with Crippen molar-refractivity contribution >= 4 is 27.6 Å². The van der Waals surface area contributed by atoms with Gasteiger partial charge in [-0.1, -0.05) is 18.5 Å². The average Bonchev–Trinajstić information content (AvgIpc) is 2.38. The average molecular weight is 319 g/mol. The summed E-state index contributed by atoms with van der Waals surface area (Å²) in [7, 11) is -3.76. The molecule has 2 atom stereocenters. The molecule has 20 heavy (non-hydrogen) atoms. The largest absolute Gasteiger partial charge is 0.481 e. The number of rotatable bonds is 3. The third-order valence-electron chi connectivity index (χ3n) is 3.29. The second kappa shape index (κ2) is 5.67. The molecule has 2 unspecified atom stereocenters. The highest BCUT2D eigenvalue weighted by molar-refractivity contribution is 7.89. The first kappa shape index (κ1) is 15.2. The zero-order valence-electron chi connectivity index (χ0n) is 10.9. The molecule has 1 aromatic rings. The van der Waals surface area contributed by atoms with Crippen molar-refractivity contribution in [1.82, 2.24) is 9.29 Å². The summed E-state index contributed by atoms with van der Waals surface area (Å²) in [5, 5.41) is 9.33. The first-order chi connectivity index (χ1) is 9.30. The normalized spacial score (nSPS) is 24.5. The Bertz CT molecular complexity index is 620. The quantitative estimate of drug-likeness (QED) is 0.911. The molecule has 0 saturated carbocycles. The second-order valence-electron chi connectivity index (χ2n) is 5.04. The fourth-order valence-electron chi connectivity index (χ4n) is 2.36. The van der Waals surface area contributed by atoms with Crippen molar-refractivity contribution < 1.29 is 18.3 Å². The third kappa shape index (κ3) is 3.11. The Balaban J connectivity index is 2.31. The van der Waals surface area contributed by atoms with E-state index < -0.39 is 21.9 Å². The molecule has 1 aliphatic heterocycles. The van der Waals surface area contributed by atoms with Gasteiger partial charge < -0.3 is 5.11 Å². The fourth-order valence-corrected chi connectivity index (χ4v) is 4.19. The van der Waals surface area contributed by atoms with Gasteiger partial charge in [0.2, 0.25) is 10.0 Å². The van der Waals surface area contributed by atoms with Crippen LogP contribution in [0.4, 0.5) is 0 Å². The maximum atomic E-state index is 12.5. The summed E-state index contributed by atoms with van der Waals surface area (Å²) in [5.41, 5.74) is 0. The van der Waals surface area contributed by atoms with Gasteiger partial charge in [-0.05, 0) is 18.4 Å². The van der Waals surface area contributed by atoms with Crippen molar-refractivity contribution in [3.05, 3.63) is 23.5 Å². The minimum atomic E-state index is -3.76. The summed E-state index contributed by atoms with van der Waals surface area (Å²) in [6.45, 7) is 2.13. The molecule has 0 spiro atoms. The van der Waals surface area contributed by atoms with E-state index >= 15 is 0 Å². The molecule has 1 aliphatic rings. The summed E-state index contributed by atoms with van der Waals surface area (Å²) in [5.74, 6) is -1.66. The van der Waals surface area contributed by atoms with Crippen LogP contribution in [-0.4, -0.2) is 41.9 Å². The molecule has 1 N–H and O–H groups in total. The van der Waals surface area contributed by atoms with E-state index in [0.29, 0.717) is 13.0 Å². The molecule has 0 aliphatic carbocycles. The molecule has 0 bridgehead atoms. The number of hydrogen-bond donors (Lipinski definition) is 1. The lowest BCUT2D eigenvalue weighted by Gasteiger charge is -2.33. The summed E-state index contributed by atoms with van der Waals surface area (Å²) in [6.07, 6.45) is 3.05. The molecule has 1 aromatic heterocycles. The van der Waals surface area contributed by atoms with Crippen LogP contribution in [0.1, 0.15) is 13.3 Å². The first-order valence-electron chi connectivity index (χ1n) is 6.14. The lowest BCUT2D eigenvalue weighted by molar-refractivity contribution is -0.143. The van der Waals surface area contributed by atoms with E-state index in [9.17, 15) is 13.2 Å². The number of aromatic nitrogens is 1. The number of halogens is 1. The van der Waals surface area contributed by atoms with Crippen molar-refractivity contribution in [2.24, 2.45) is 11.8 Å². The minimum Gasteiger partial charge on any atom is -0.481 e. The molecule has 2 heterocycles. The predicted molar refractivity (Wildman–Crippen MR) is 72.9 cm³/mol. The van der Waals surface area contributed by atoms with Crippen LogP contribution in [0.3, 0.4) is 0 Å². The zero-order valence-corrected chi connectivity index (χ0v) is 12.4. The molecule has 2 rings (SSSR count). The first-order valence-corrected chi connectivity index (χ1v) is 7.96. The number of carboxylic acids is 1. The van der Waals surface area contributed by atoms with Crippen molar-refractivity contribution in [1.29, 1.82) is 0 Å². The van der Waals surface area contributed by atoms with Crippen molar-refractivity contribution in [2.75, 3.05) is 13.1 Å². The van der Waals surface area contributed by atoms with Crippen LogP contribution in [0.5, 0.6) is 0 Å². The van der Waals surface area contributed by atoms with Gasteiger partial charge in [-0.25, -0.2) is 8.42 Å². The van der Waals surface area contributed by atoms with E-state index in [4.69, 9.17) is 16.7 Å². The Kier molecular flexibility index (Phi) is 4.31. The Morgan fingerprint density at radius 3 is 2.75 bits per heavy atom. The lowest BCUT2D eigenvalue weighted by atomic mass is 9.92. The number of piperidine rings is 1. The van der Waals surface area contributed by atoms with Crippen LogP contribution < -0.4 is 0 Å². The van der Waals surface area contributed by atoms with Crippen LogP contribution in [0, 0.1) is 11.8 Å². The van der Waals surface area contributed by atoms with Gasteiger partial charge in [0.15, 0.2) is 0 Å². The lowest BCUT2D eigenvalue weighted by Crippen LogP contribution is -2.45. The van der Waals surface area contributed by atoms with Crippen LogP contribution >= 0.6 is 11.6 Å².